The standard InChI is InChI=1S/C12H16N4O2S2/c1-8-11(19-12(13)14-8)20(17,18)15-9-6-4-5-7-10(9)16(2)3/h4-7,15H,1-3H3,(H2,13,14). The molecule has 0 amide bonds. The van der Waals surface area contributed by atoms with Gasteiger partial charge < -0.3 is 10.6 Å². The van der Waals surface area contributed by atoms with Crippen molar-refractivity contribution < 1.29 is 8.42 Å². The molecule has 6 nitrogen and oxygen atoms in total. The molecule has 0 radical (unpaired) electrons. The number of nitrogens with two attached hydrogens (primary N) is 1. The van der Waals surface area contributed by atoms with E-state index in [1.54, 1.807) is 19.1 Å². The quantitative estimate of drug-likeness (QED) is 0.900. The number of hydrogen-bond donors (Lipinski definition) is 2. The van der Waals surface area contributed by atoms with Crippen molar-refractivity contribution in [2.24, 2.45) is 0 Å². The molecule has 3 N–H and O–H groups in total. The molecule has 0 saturated heterocycles. The van der Waals surface area contributed by atoms with Gasteiger partial charge in [0.25, 0.3) is 10.0 Å². The summed E-state index contributed by atoms with van der Waals surface area (Å²) in [5.74, 6) is 0. The number of rotatable bonds is 4. The molecule has 2 rings (SSSR count). The third-order valence-corrected chi connectivity index (χ3v) is 5.61. The van der Waals surface area contributed by atoms with Gasteiger partial charge in [0.05, 0.1) is 17.1 Å². The summed E-state index contributed by atoms with van der Waals surface area (Å²) in [6, 6.07) is 7.18. The Morgan fingerprint density at radius 3 is 2.50 bits per heavy atom. The maximum absolute atomic E-state index is 12.4. The summed E-state index contributed by atoms with van der Waals surface area (Å²) in [5.41, 5.74) is 7.26. The number of nitrogen functional groups attached to an aromatic ring is 1. The number of anilines is 3. The molecular formula is C12H16N4O2S2. The van der Waals surface area contributed by atoms with Gasteiger partial charge in [0.1, 0.15) is 0 Å². The van der Waals surface area contributed by atoms with Crippen LogP contribution in [-0.4, -0.2) is 27.5 Å². The molecule has 0 aliphatic heterocycles. The van der Waals surface area contributed by atoms with Crippen LogP contribution in [0.25, 0.3) is 0 Å². The minimum atomic E-state index is -3.68. The number of nitrogens with one attached hydrogen (secondary N) is 1. The molecule has 8 heteroatoms. The highest BCUT2D eigenvalue weighted by molar-refractivity contribution is 7.94. The average molecular weight is 312 g/mol. The summed E-state index contributed by atoms with van der Waals surface area (Å²) in [4.78, 5) is 5.78. The molecule has 0 bridgehead atoms. The molecular weight excluding hydrogens is 296 g/mol. The lowest BCUT2D eigenvalue weighted by molar-refractivity contribution is 0.602. The molecule has 0 atom stereocenters. The van der Waals surface area contributed by atoms with Gasteiger partial charge in [-0.15, -0.1) is 0 Å². The van der Waals surface area contributed by atoms with Crippen molar-refractivity contribution >= 4 is 37.9 Å². The molecule has 1 aromatic carbocycles. The van der Waals surface area contributed by atoms with E-state index in [0.717, 1.165) is 17.0 Å². The van der Waals surface area contributed by atoms with Gasteiger partial charge in [-0.1, -0.05) is 23.5 Å². The van der Waals surface area contributed by atoms with E-state index in [-0.39, 0.29) is 9.34 Å². The fourth-order valence-corrected chi connectivity index (χ4v) is 4.17. The highest BCUT2D eigenvalue weighted by Crippen LogP contribution is 2.30. The number of benzene rings is 1. The van der Waals surface area contributed by atoms with Crippen molar-refractivity contribution in [1.82, 2.24) is 4.98 Å². The van der Waals surface area contributed by atoms with Crippen molar-refractivity contribution in [2.45, 2.75) is 11.1 Å². The van der Waals surface area contributed by atoms with Crippen molar-refractivity contribution in [2.75, 3.05) is 29.5 Å². The predicted octanol–water partition coefficient (Wildman–Crippen LogP) is 1.90. The van der Waals surface area contributed by atoms with Gasteiger partial charge in [-0.2, -0.15) is 0 Å². The Bertz CT molecular complexity index is 723. The number of para-hydroxylation sites is 2. The Labute approximate surface area is 122 Å². The third kappa shape index (κ3) is 2.86. The van der Waals surface area contributed by atoms with Crippen LogP contribution < -0.4 is 15.4 Å². The number of sulfonamides is 1. The molecule has 0 aliphatic carbocycles. The van der Waals surface area contributed by atoms with Crippen LogP contribution in [0.2, 0.25) is 0 Å². The number of aryl methyl sites for hydroxylation is 1. The number of aromatic nitrogens is 1. The van der Waals surface area contributed by atoms with E-state index in [9.17, 15) is 8.42 Å². The Morgan fingerprint density at radius 2 is 1.95 bits per heavy atom. The van der Waals surface area contributed by atoms with Gasteiger partial charge in [0.2, 0.25) is 0 Å². The Kier molecular flexibility index (Phi) is 3.87. The molecule has 108 valence electrons. The van der Waals surface area contributed by atoms with Crippen molar-refractivity contribution in [3.63, 3.8) is 0 Å². The summed E-state index contributed by atoms with van der Waals surface area (Å²) in [6.45, 7) is 1.62. The second kappa shape index (κ2) is 5.29. The van der Waals surface area contributed by atoms with Crippen LogP contribution in [0, 0.1) is 6.92 Å². The molecule has 1 heterocycles. The maximum atomic E-state index is 12.4. The first-order chi connectivity index (χ1) is 9.31. The van der Waals surface area contributed by atoms with Gasteiger partial charge in [0.15, 0.2) is 9.34 Å². The zero-order valence-electron chi connectivity index (χ0n) is 11.4. The van der Waals surface area contributed by atoms with Crippen LogP contribution in [0.4, 0.5) is 16.5 Å². The fraction of sp³-hybridized carbons (Fsp3) is 0.250. The smallest absolute Gasteiger partial charge is 0.273 e. The van der Waals surface area contributed by atoms with Crippen LogP contribution in [0.15, 0.2) is 28.5 Å². The summed E-state index contributed by atoms with van der Waals surface area (Å²) in [7, 11) is 0.0207. The van der Waals surface area contributed by atoms with E-state index >= 15 is 0 Å². The van der Waals surface area contributed by atoms with Crippen molar-refractivity contribution in [3.05, 3.63) is 30.0 Å². The zero-order valence-corrected chi connectivity index (χ0v) is 13.0. The van der Waals surface area contributed by atoms with Gasteiger partial charge in [-0.05, 0) is 19.1 Å². The van der Waals surface area contributed by atoms with Gasteiger partial charge in [-0.3, -0.25) is 4.72 Å². The highest BCUT2D eigenvalue weighted by atomic mass is 32.2. The fourth-order valence-electron chi connectivity index (χ4n) is 1.79. The number of hydrogen-bond acceptors (Lipinski definition) is 6. The molecule has 0 unspecified atom stereocenters. The highest BCUT2D eigenvalue weighted by Gasteiger charge is 2.22. The number of nitrogens with zero attached hydrogens (tertiary/aromatic N) is 2. The summed E-state index contributed by atoms with van der Waals surface area (Å²) in [5, 5.41) is 0.240. The normalized spacial score (nSPS) is 11.3. The predicted molar refractivity (Wildman–Crippen MR) is 82.8 cm³/mol. The first kappa shape index (κ1) is 14.6. The van der Waals surface area contributed by atoms with Crippen LogP contribution >= 0.6 is 11.3 Å². The Morgan fingerprint density at radius 1 is 1.30 bits per heavy atom. The van der Waals surface area contributed by atoms with Crippen LogP contribution in [0.1, 0.15) is 5.69 Å². The number of thiazole rings is 1. The second-order valence-electron chi connectivity index (χ2n) is 4.44. The molecule has 0 fully saturated rings. The first-order valence-electron chi connectivity index (χ1n) is 5.83. The third-order valence-electron chi connectivity index (χ3n) is 2.64. The maximum Gasteiger partial charge on any atom is 0.273 e. The topological polar surface area (TPSA) is 88.3 Å². The van der Waals surface area contributed by atoms with Gasteiger partial charge in [0, 0.05) is 14.1 Å². The summed E-state index contributed by atoms with van der Waals surface area (Å²) in [6.07, 6.45) is 0. The molecule has 20 heavy (non-hydrogen) atoms. The monoisotopic (exact) mass is 312 g/mol. The van der Waals surface area contributed by atoms with E-state index in [1.165, 1.54) is 0 Å². The van der Waals surface area contributed by atoms with E-state index in [1.807, 2.05) is 31.1 Å². The van der Waals surface area contributed by atoms with Crippen molar-refractivity contribution in [1.29, 1.82) is 0 Å². The van der Waals surface area contributed by atoms with E-state index in [4.69, 9.17) is 5.73 Å². The first-order valence-corrected chi connectivity index (χ1v) is 8.13. The molecule has 0 aliphatic rings. The second-order valence-corrected chi connectivity index (χ2v) is 7.35. The van der Waals surface area contributed by atoms with Crippen LogP contribution in [0.3, 0.4) is 0 Å². The SMILES string of the molecule is Cc1nc(N)sc1S(=O)(=O)Nc1ccccc1N(C)C. The van der Waals surface area contributed by atoms with Gasteiger partial charge in [-0.25, -0.2) is 13.4 Å². The van der Waals surface area contributed by atoms with Gasteiger partial charge >= 0.3 is 0 Å². The molecule has 0 saturated carbocycles. The zero-order chi connectivity index (χ0) is 14.9. The molecule has 0 spiro atoms. The van der Waals surface area contributed by atoms with Crippen molar-refractivity contribution in [3.8, 4) is 0 Å². The molecule has 2 aromatic rings. The lowest BCUT2D eigenvalue weighted by atomic mass is 10.2. The lowest BCUT2D eigenvalue weighted by Gasteiger charge is -2.18. The largest absolute Gasteiger partial charge is 0.376 e. The minimum Gasteiger partial charge on any atom is -0.376 e. The molecule has 1 aromatic heterocycles. The van der Waals surface area contributed by atoms with Crippen LogP contribution in [0.5, 0.6) is 0 Å². The minimum absolute atomic E-state index is 0.142. The summed E-state index contributed by atoms with van der Waals surface area (Å²) < 4.78 is 27.5. The summed E-state index contributed by atoms with van der Waals surface area (Å²) >= 11 is 0.957. The lowest BCUT2D eigenvalue weighted by Crippen LogP contribution is -2.17. The Balaban J connectivity index is 2.41. The Hall–Kier alpha value is -1.80. The average Bonchev–Trinajstić information content (AvgIpc) is 2.69. The van der Waals surface area contributed by atoms with E-state index in [2.05, 4.69) is 9.71 Å². The van der Waals surface area contributed by atoms with E-state index < -0.39 is 10.0 Å². The van der Waals surface area contributed by atoms with Crippen LogP contribution in [-0.2, 0) is 10.0 Å². The van der Waals surface area contributed by atoms with E-state index in [0.29, 0.717) is 11.4 Å².